The highest BCUT2D eigenvalue weighted by Crippen LogP contribution is 2.15. The van der Waals surface area contributed by atoms with E-state index in [0.29, 0.717) is 26.2 Å². The minimum Gasteiger partial charge on any atom is -0.380 e. The molecule has 20 heavy (non-hydrogen) atoms. The van der Waals surface area contributed by atoms with Crippen LogP contribution in [0.25, 0.3) is 0 Å². The van der Waals surface area contributed by atoms with Crippen molar-refractivity contribution in [3.63, 3.8) is 0 Å². The maximum Gasteiger partial charge on any atom is 0.211 e. The predicted octanol–water partition coefficient (Wildman–Crippen LogP) is 1.30. The second-order valence-corrected chi connectivity index (χ2v) is 6.87. The van der Waals surface area contributed by atoms with Crippen LogP contribution in [-0.2, 0) is 26.1 Å². The Balaban J connectivity index is 1.93. The molecule has 5 nitrogen and oxygen atoms in total. The Morgan fingerprint density at radius 2 is 2.10 bits per heavy atom. The van der Waals surface area contributed by atoms with Gasteiger partial charge in [0.15, 0.2) is 0 Å². The third-order valence-electron chi connectivity index (χ3n) is 3.31. The van der Waals surface area contributed by atoms with Crippen LogP contribution in [0, 0.1) is 0 Å². The molecule has 1 saturated heterocycles. The first-order valence-electron chi connectivity index (χ1n) is 6.84. The normalized spacial score (nSPS) is 23.6. The zero-order chi connectivity index (χ0) is 14.4. The Kier molecular flexibility index (Phi) is 5.54. The van der Waals surface area contributed by atoms with Crippen LogP contribution in [0.4, 0.5) is 0 Å². The fraction of sp³-hybridized carbons (Fsp3) is 0.571. The van der Waals surface area contributed by atoms with Crippen LogP contribution >= 0.6 is 0 Å². The summed E-state index contributed by atoms with van der Waals surface area (Å²) in [7, 11) is -3.24. The van der Waals surface area contributed by atoms with Crippen LogP contribution in [0.1, 0.15) is 18.9 Å². The summed E-state index contributed by atoms with van der Waals surface area (Å²) in [5.41, 5.74) is 1.08. The Morgan fingerprint density at radius 1 is 1.35 bits per heavy atom. The lowest BCUT2D eigenvalue weighted by Gasteiger charge is -2.31. The molecular formula is C14H21NO4S. The highest BCUT2D eigenvalue weighted by atomic mass is 32.2. The lowest BCUT2D eigenvalue weighted by atomic mass is 10.1. The molecule has 0 bridgehead atoms. The molecule has 2 atom stereocenters. The minimum atomic E-state index is -3.24. The van der Waals surface area contributed by atoms with Crippen molar-refractivity contribution in [2.75, 3.05) is 19.0 Å². The van der Waals surface area contributed by atoms with Gasteiger partial charge >= 0.3 is 0 Å². The SMILES string of the molecule is CCS(=O)(=O)N[C@@H]1COCC[C@@H]1OCc1ccccc1. The molecule has 1 aromatic rings. The van der Waals surface area contributed by atoms with E-state index in [0.717, 1.165) is 5.56 Å². The van der Waals surface area contributed by atoms with Gasteiger partial charge in [0.1, 0.15) is 0 Å². The third-order valence-corrected chi connectivity index (χ3v) is 4.73. The van der Waals surface area contributed by atoms with E-state index in [1.54, 1.807) is 6.92 Å². The third kappa shape index (κ3) is 4.56. The summed E-state index contributed by atoms with van der Waals surface area (Å²) in [4.78, 5) is 0. The highest BCUT2D eigenvalue weighted by Gasteiger charge is 2.29. The van der Waals surface area contributed by atoms with Crippen molar-refractivity contribution in [2.24, 2.45) is 0 Å². The fourth-order valence-corrected chi connectivity index (χ4v) is 2.97. The molecule has 6 heteroatoms. The molecule has 1 aliphatic rings. The molecule has 1 N–H and O–H groups in total. The molecule has 0 aliphatic carbocycles. The van der Waals surface area contributed by atoms with E-state index in [-0.39, 0.29) is 17.9 Å². The van der Waals surface area contributed by atoms with Gasteiger partial charge in [0.05, 0.1) is 31.1 Å². The van der Waals surface area contributed by atoms with Crippen molar-refractivity contribution in [2.45, 2.75) is 32.1 Å². The maximum atomic E-state index is 11.7. The summed E-state index contributed by atoms with van der Waals surface area (Å²) in [6, 6.07) is 9.54. The van der Waals surface area contributed by atoms with Gasteiger partial charge in [-0.05, 0) is 18.9 Å². The quantitative estimate of drug-likeness (QED) is 0.860. The molecule has 0 saturated carbocycles. The number of sulfonamides is 1. The highest BCUT2D eigenvalue weighted by molar-refractivity contribution is 7.89. The summed E-state index contributed by atoms with van der Waals surface area (Å²) in [5, 5.41) is 0. The van der Waals surface area contributed by atoms with Crippen LogP contribution in [0.5, 0.6) is 0 Å². The Labute approximate surface area is 120 Å². The van der Waals surface area contributed by atoms with Crippen LogP contribution < -0.4 is 4.72 Å². The Bertz CT molecular complexity index is 503. The van der Waals surface area contributed by atoms with E-state index >= 15 is 0 Å². The van der Waals surface area contributed by atoms with Crippen molar-refractivity contribution in [1.82, 2.24) is 4.72 Å². The molecule has 0 amide bonds. The van der Waals surface area contributed by atoms with E-state index in [4.69, 9.17) is 9.47 Å². The van der Waals surface area contributed by atoms with Crippen LogP contribution in [0.15, 0.2) is 30.3 Å². The molecule has 2 rings (SSSR count). The number of hydrogen-bond donors (Lipinski definition) is 1. The van der Waals surface area contributed by atoms with Crippen molar-refractivity contribution >= 4 is 10.0 Å². The van der Waals surface area contributed by atoms with Gasteiger partial charge in [0, 0.05) is 6.61 Å². The van der Waals surface area contributed by atoms with Gasteiger partial charge in [0.25, 0.3) is 0 Å². The Hall–Kier alpha value is -0.950. The smallest absolute Gasteiger partial charge is 0.211 e. The Morgan fingerprint density at radius 3 is 2.80 bits per heavy atom. The first-order chi connectivity index (χ1) is 9.61. The zero-order valence-electron chi connectivity index (χ0n) is 11.6. The van der Waals surface area contributed by atoms with Gasteiger partial charge < -0.3 is 9.47 Å². The minimum absolute atomic E-state index is 0.0644. The first kappa shape index (κ1) is 15.4. The zero-order valence-corrected chi connectivity index (χ0v) is 12.4. The molecule has 0 radical (unpaired) electrons. The molecule has 1 aromatic carbocycles. The van der Waals surface area contributed by atoms with E-state index in [9.17, 15) is 8.42 Å². The number of nitrogens with one attached hydrogen (secondary N) is 1. The summed E-state index contributed by atoms with van der Waals surface area (Å²) in [6.07, 6.45) is 0.550. The monoisotopic (exact) mass is 299 g/mol. The summed E-state index contributed by atoms with van der Waals surface area (Å²) in [5.74, 6) is 0.0644. The largest absolute Gasteiger partial charge is 0.380 e. The van der Waals surface area contributed by atoms with E-state index in [1.807, 2.05) is 30.3 Å². The van der Waals surface area contributed by atoms with Crippen LogP contribution in [0.3, 0.4) is 0 Å². The number of benzene rings is 1. The van der Waals surface area contributed by atoms with Crippen LogP contribution in [-0.4, -0.2) is 39.5 Å². The molecule has 1 fully saturated rings. The molecule has 1 aliphatic heterocycles. The number of rotatable bonds is 6. The molecule has 0 unspecified atom stereocenters. The first-order valence-corrected chi connectivity index (χ1v) is 8.49. The second-order valence-electron chi connectivity index (χ2n) is 4.83. The molecule has 0 aromatic heterocycles. The second kappa shape index (κ2) is 7.17. The fourth-order valence-electron chi connectivity index (χ4n) is 2.12. The van der Waals surface area contributed by atoms with Gasteiger partial charge in [0.2, 0.25) is 10.0 Å². The van der Waals surface area contributed by atoms with Gasteiger partial charge in [-0.1, -0.05) is 30.3 Å². The van der Waals surface area contributed by atoms with Gasteiger partial charge in [-0.15, -0.1) is 0 Å². The predicted molar refractivity (Wildman–Crippen MR) is 76.8 cm³/mol. The molecule has 1 heterocycles. The number of hydrogen-bond acceptors (Lipinski definition) is 4. The van der Waals surface area contributed by atoms with Gasteiger partial charge in [-0.25, -0.2) is 13.1 Å². The summed E-state index contributed by atoms with van der Waals surface area (Å²) < 4.78 is 37.2. The van der Waals surface area contributed by atoms with Crippen molar-refractivity contribution in [3.05, 3.63) is 35.9 Å². The standard InChI is InChI=1S/C14H21NO4S/c1-2-20(16,17)15-13-11-18-9-8-14(13)19-10-12-6-4-3-5-7-12/h3-7,13-15H,2,8-11H2,1H3/t13-,14+/m1/s1. The van der Waals surface area contributed by atoms with Crippen molar-refractivity contribution in [3.8, 4) is 0 Å². The van der Waals surface area contributed by atoms with E-state index < -0.39 is 10.0 Å². The average Bonchev–Trinajstić information content (AvgIpc) is 2.47. The van der Waals surface area contributed by atoms with E-state index in [1.165, 1.54) is 0 Å². The van der Waals surface area contributed by atoms with Crippen LogP contribution in [0.2, 0.25) is 0 Å². The summed E-state index contributed by atoms with van der Waals surface area (Å²) in [6.45, 7) is 3.06. The lowest BCUT2D eigenvalue weighted by Crippen LogP contribution is -2.50. The van der Waals surface area contributed by atoms with Gasteiger partial charge in [-0.3, -0.25) is 0 Å². The van der Waals surface area contributed by atoms with Crippen molar-refractivity contribution in [1.29, 1.82) is 0 Å². The van der Waals surface area contributed by atoms with Gasteiger partial charge in [-0.2, -0.15) is 0 Å². The average molecular weight is 299 g/mol. The topological polar surface area (TPSA) is 64.6 Å². The number of ether oxygens (including phenoxy) is 2. The maximum absolute atomic E-state index is 11.7. The molecule has 0 spiro atoms. The van der Waals surface area contributed by atoms with Crippen molar-refractivity contribution < 1.29 is 17.9 Å². The molecule has 112 valence electrons. The summed E-state index contributed by atoms with van der Waals surface area (Å²) >= 11 is 0. The molecular weight excluding hydrogens is 278 g/mol. The lowest BCUT2D eigenvalue weighted by molar-refractivity contribution is -0.0571. The van der Waals surface area contributed by atoms with E-state index in [2.05, 4.69) is 4.72 Å².